The molecule has 1 amide bonds. The number of halogens is 1. The molecule has 0 spiro atoms. The van der Waals surface area contributed by atoms with Gasteiger partial charge < -0.3 is 15.5 Å². The van der Waals surface area contributed by atoms with Crippen LogP contribution in [0.1, 0.15) is 41.8 Å². The topological polar surface area (TPSA) is 107 Å². The van der Waals surface area contributed by atoms with Crippen LogP contribution in [-0.2, 0) is 16.1 Å². The first-order chi connectivity index (χ1) is 16.4. The van der Waals surface area contributed by atoms with Crippen molar-refractivity contribution in [2.75, 3.05) is 18.8 Å². The number of nitrogens with zero attached hydrogens (tertiary/aromatic N) is 5. The van der Waals surface area contributed by atoms with Gasteiger partial charge >= 0.3 is 0 Å². The lowest BCUT2D eigenvalue weighted by Gasteiger charge is -2.36. The summed E-state index contributed by atoms with van der Waals surface area (Å²) in [5, 5.41) is 4.50. The molecule has 0 radical (unpaired) electrons. The normalized spacial score (nSPS) is 19.0. The summed E-state index contributed by atoms with van der Waals surface area (Å²) < 4.78 is 14.2. The third-order valence-electron chi connectivity index (χ3n) is 6.38. The Morgan fingerprint density at radius 1 is 1.24 bits per heavy atom. The number of nitrogen functional groups attached to an aromatic ring is 1. The Morgan fingerprint density at radius 2 is 2.06 bits per heavy atom. The van der Waals surface area contributed by atoms with E-state index in [4.69, 9.17) is 10.6 Å². The number of aromatic nitrogens is 3. The van der Waals surface area contributed by atoms with Crippen LogP contribution < -0.4 is 5.73 Å². The first-order valence-electron chi connectivity index (χ1n) is 11.2. The summed E-state index contributed by atoms with van der Waals surface area (Å²) in [7, 11) is 0. The van der Waals surface area contributed by atoms with Crippen molar-refractivity contribution in [3.63, 3.8) is 0 Å². The number of fused-ring (bicyclic) bond motifs is 1. The summed E-state index contributed by atoms with van der Waals surface area (Å²) in [5.41, 5.74) is 11.7. The molecule has 174 valence electrons. The Morgan fingerprint density at radius 3 is 2.79 bits per heavy atom. The Hall–Kier alpha value is -3.88. The smallest absolute Gasteiger partial charge is 0.220 e. The second-order valence-electron chi connectivity index (χ2n) is 8.76. The summed E-state index contributed by atoms with van der Waals surface area (Å²) in [6.45, 7) is 4.45. The number of anilines is 1. The molecule has 1 aliphatic carbocycles. The quantitative estimate of drug-likeness (QED) is 0.599. The van der Waals surface area contributed by atoms with Crippen LogP contribution >= 0.6 is 0 Å². The van der Waals surface area contributed by atoms with Gasteiger partial charge in [0.05, 0.1) is 30.2 Å². The minimum absolute atomic E-state index is 0.0190. The zero-order valence-electron chi connectivity index (χ0n) is 19.0. The predicted octanol–water partition coefficient (Wildman–Crippen LogP) is 3.25. The van der Waals surface area contributed by atoms with Crippen LogP contribution in [0, 0.1) is 12.7 Å². The van der Waals surface area contributed by atoms with Crippen molar-refractivity contribution in [2.24, 2.45) is 5.16 Å². The molecule has 3 heterocycles. The Balaban J connectivity index is 1.51. The van der Waals surface area contributed by atoms with E-state index in [1.807, 2.05) is 25.1 Å². The lowest BCUT2D eigenvalue weighted by Crippen LogP contribution is -2.53. The second-order valence-corrected chi connectivity index (χ2v) is 8.76. The van der Waals surface area contributed by atoms with E-state index in [0.29, 0.717) is 25.9 Å². The number of rotatable bonds is 4. The average molecular weight is 461 g/mol. The van der Waals surface area contributed by atoms with Gasteiger partial charge in [0.2, 0.25) is 11.9 Å². The van der Waals surface area contributed by atoms with Crippen LogP contribution in [0.15, 0.2) is 47.9 Å². The number of aryl methyl sites for hydroxylation is 1. The number of hydrogen-bond acceptors (Lipinski definition) is 7. The number of carbonyl (C=O) groups excluding carboxylic acids is 1. The molecule has 1 saturated heterocycles. The van der Waals surface area contributed by atoms with Gasteiger partial charge in [-0.2, -0.15) is 0 Å². The molecule has 2 N–H and O–H groups in total. The molecule has 2 aliphatic rings. The fourth-order valence-electron chi connectivity index (χ4n) is 4.68. The van der Waals surface area contributed by atoms with Crippen molar-refractivity contribution in [3.05, 3.63) is 71.1 Å². The minimum atomic E-state index is -0.307. The molecule has 1 atom stereocenters. The summed E-state index contributed by atoms with van der Waals surface area (Å²) in [4.78, 5) is 32.0. The van der Waals surface area contributed by atoms with Crippen LogP contribution in [0.25, 0.3) is 11.1 Å². The molecule has 1 fully saturated rings. The molecule has 8 nitrogen and oxygen atoms in total. The van der Waals surface area contributed by atoms with Gasteiger partial charge in [0.1, 0.15) is 5.82 Å². The molecule has 5 rings (SSSR count). The van der Waals surface area contributed by atoms with Crippen LogP contribution in [0.5, 0.6) is 0 Å². The maximum absolute atomic E-state index is 14.2. The maximum Gasteiger partial charge on any atom is 0.220 e. The van der Waals surface area contributed by atoms with E-state index in [-0.39, 0.29) is 29.7 Å². The molecule has 0 bridgehead atoms. The number of carbonyl (C=O) groups is 1. The number of oxime groups is 1. The highest BCUT2D eigenvalue weighted by atomic mass is 19.1. The van der Waals surface area contributed by atoms with Crippen molar-refractivity contribution in [1.82, 2.24) is 19.9 Å². The Kier molecular flexibility index (Phi) is 5.69. The van der Waals surface area contributed by atoms with Gasteiger partial charge in [-0.15, -0.1) is 0 Å². The molecule has 1 aromatic carbocycles. The highest BCUT2D eigenvalue weighted by molar-refractivity contribution is 6.03. The van der Waals surface area contributed by atoms with Crippen molar-refractivity contribution in [3.8, 4) is 11.1 Å². The van der Waals surface area contributed by atoms with Gasteiger partial charge in [-0.1, -0.05) is 17.3 Å². The van der Waals surface area contributed by atoms with Gasteiger partial charge in [-0.3, -0.25) is 9.78 Å². The monoisotopic (exact) mass is 460 g/mol. The number of likely N-dealkylation sites (tertiary alicyclic amines) is 1. The first kappa shape index (κ1) is 21.9. The summed E-state index contributed by atoms with van der Waals surface area (Å²) in [6.07, 6.45) is 4.46. The van der Waals surface area contributed by atoms with E-state index in [0.717, 1.165) is 39.4 Å². The van der Waals surface area contributed by atoms with Crippen LogP contribution in [0.4, 0.5) is 10.3 Å². The number of hydrogen-bond donors (Lipinski definition) is 1. The number of pyridine rings is 1. The molecule has 34 heavy (non-hydrogen) atoms. The lowest BCUT2D eigenvalue weighted by molar-refractivity contribution is -0.142. The van der Waals surface area contributed by atoms with E-state index >= 15 is 0 Å². The molecule has 9 heteroatoms. The van der Waals surface area contributed by atoms with Gasteiger partial charge in [-0.05, 0) is 48.6 Å². The van der Waals surface area contributed by atoms with Crippen LogP contribution in [-0.4, -0.2) is 50.7 Å². The minimum Gasteiger partial charge on any atom is -0.388 e. The van der Waals surface area contributed by atoms with Gasteiger partial charge in [0, 0.05) is 36.9 Å². The molecule has 1 unspecified atom stereocenters. The molecule has 2 aromatic heterocycles. The van der Waals surface area contributed by atoms with Crippen LogP contribution in [0.2, 0.25) is 0 Å². The van der Waals surface area contributed by atoms with Crippen LogP contribution in [0.3, 0.4) is 0 Å². The summed E-state index contributed by atoms with van der Waals surface area (Å²) in [5.74, 6) is -0.0951. The van der Waals surface area contributed by atoms with Gasteiger partial charge in [-0.25, -0.2) is 14.4 Å². The molecule has 3 aromatic rings. The second kappa shape index (κ2) is 8.81. The number of nitrogens with two attached hydrogens (primary N) is 1. The fourth-order valence-corrected chi connectivity index (χ4v) is 4.68. The Bertz CT molecular complexity index is 1270. The van der Waals surface area contributed by atoms with E-state index in [1.54, 1.807) is 23.4 Å². The SMILES string of the molecule is CC(=O)N1CC(ON=C2CC(c3ccc(F)cc3-c3cccnc3)Cc3nc(N)nc(C)c32)C1. The molecular formula is C25H25FN6O2. The number of benzene rings is 1. The predicted molar refractivity (Wildman–Crippen MR) is 126 cm³/mol. The fraction of sp³-hybridized carbons (Fsp3) is 0.320. The van der Waals surface area contributed by atoms with E-state index in [1.165, 1.54) is 13.0 Å². The van der Waals surface area contributed by atoms with Crippen molar-refractivity contribution in [2.45, 2.75) is 38.7 Å². The highest BCUT2D eigenvalue weighted by Gasteiger charge is 2.33. The third-order valence-corrected chi connectivity index (χ3v) is 6.38. The van der Waals surface area contributed by atoms with E-state index < -0.39 is 0 Å². The molecule has 1 aliphatic heterocycles. The zero-order valence-corrected chi connectivity index (χ0v) is 19.0. The standard InChI is InChI=1S/C25H25FN6O2/c1-14-24-22(30-25(27)29-14)8-17(9-23(24)31-34-19-12-32(13-19)15(2)33)20-6-5-18(26)10-21(20)16-4-3-7-28-11-16/h3-7,10-11,17,19H,8-9,12-13H2,1-2H3,(H2,27,29,30). The Labute approximate surface area is 196 Å². The maximum atomic E-state index is 14.2. The summed E-state index contributed by atoms with van der Waals surface area (Å²) in [6, 6.07) is 8.59. The average Bonchev–Trinajstić information content (AvgIpc) is 2.77. The van der Waals surface area contributed by atoms with Crippen molar-refractivity contribution >= 4 is 17.6 Å². The highest BCUT2D eigenvalue weighted by Crippen LogP contribution is 2.38. The van der Waals surface area contributed by atoms with Gasteiger partial charge in [0.25, 0.3) is 0 Å². The third kappa shape index (κ3) is 4.21. The molecular weight excluding hydrogens is 435 g/mol. The molecule has 0 saturated carbocycles. The number of amides is 1. The van der Waals surface area contributed by atoms with Gasteiger partial charge in [0.15, 0.2) is 6.10 Å². The lowest BCUT2D eigenvalue weighted by atomic mass is 9.78. The van der Waals surface area contributed by atoms with E-state index in [9.17, 15) is 9.18 Å². The largest absolute Gasteiger partial charge is 0.388 e. The summed E-state index contributed by atoms with van der Waals surface area (Å²) >= 11 is 0. The zero-order chi connectivity index (χ0) is 23.8. The van der Waals surface area contributed by atoms with Crippen molar-refractivity contribution < 1.29 is 14.0 Å². The van der Waals surface area contributed by atoms with Crippen molar-refractivity contribution in [1.29, 1.82) is 0 Å². The van der Waals surface area contributed by atoms with E-state index in [2.05, 4.69) is 20.1 Å². The first-order valence-corrected chi connectivity index (χ1v) is 11.2.